The average molecular weight is 310 g/mol. The monoisotopic (exact) mass is 310 g/mol. The van der Waals surface area contributed by atoms with Crippen LogP contribution in [0.25, 0.3) is 0 Å². The summed E-state index contributed by atoms with van der Waals surface area (Å²) in [5.41, 5.74) is 0. The molecule has 126 valence electrons. The predicted octanol–water partition coefficient (Wildman–Crippen LogP) is 3.60. The SMILES string of the molecule is CCCCCC=CC=CC(O)C(O)C=CCCCCC(=O)O. The molecule has 4 nitrogen and oxygen atoms in total. The maximum atomic E-state index is 10.3. The summed E-state index contributed by atoms with van der Waals surface area (Å²) in [4.78, 5) is 10.3. The lowest BCUT2D eigenvalue weighted by Crippen LogP contribution is -2.20. The van der Waals surface area contributed by atoms with Gasteiger partial charge in [-0.15, -0.1) is 0 Å². The number of carboxylic acids is 1. The van der Waals surface area contributed by atoms with Gasteiger partial charge in [-0.2, -0.15) is 0 Å². The first-order chi connectivity index (χ1) is 10.6. The highest BCUT2D eigenvalue weighted by Crippen LogP contribution is 2.04. The number of carboxylic acid groups (broad SMARTS) is 1. The maximum absolute atomic E-state index is 10.3. The molecule has 0 amide bonds. The molecule has 0 aromatic heterocycles. The van der Waals surface area contributed by atoms with Crippen molar-refractivity contribution in [1.29, 1.82) is 0 Å². The number of unbranched alkanes of at least 4 members (excludes halogenated alkanes) is 5. The third-order valence-corrected chi connectivity index (χ3v) is 3.22. The zero-order chi connectivity index (χ0) is 16.6. The zero-order valence-electron chi connectivity index (χ0n) is 13.5. The summed E-state index contributed by atoms with van der Waals surface area (Å²) in [6.45, 7) is 2.17. The van der Waals surface area contributed by atoms with Gasteiger partial charge in [-0.25, -0.2) is 0 Å². The van der Waals surface area contributed by atoms with Gasteiger partial charge in [0.1, 0.15) is 12.2 Å². The number of aliphatic carboxylic acids is 1. The topological polar surface area (TPSA) is 77.8 Å². The molecule has 22 heavy (non-hydrogen) atoms. The van der Waals surface area contributed by atoms with Gasteiger partial charge in [-0.3, -0.25) is 4.79 Å². The predicted molar refractivity (Wildman–Crippen MR) is 89.7 cm³/mol. The number of allylic oxidation sites excluding steroid dienone is 4. The summed E-state index contributed by atoms with van der Waals surface area (Å²) < 4.78 is 0. The average Bonchev–Trinajstić information content (AvgIpc) is 2.49. The molecule has 0 radical (unpaired) electrons. The van der Waals surface area contributed by atoms with Crippen molar-refractivity contribution >= 4 is 5.97 Å². The second kappa shape index (κ2) is 14.5. The normalized spacial score (nSPS) is 15.0. The Labute approximate surface area is 133 Å². The Morgan fingerprint density at radius 2 is 1.55 bits per heavy atom. The van der Waals surface area contributed by atoms with Crippen molar-refractivity contribution in [2.45, 2.75) is 70.5 Å². The summed E-state index contributed by atoms with van der Waals surface area (Å²) in [5, 5.41) is 28.0. The highest BCUT2D eigenvalue weighted by atomic mass is 16.4. The molecule has 0 spiro atoms. The molecule has 0 heterocycles. The van der Waals surface area contributed by atoms with Crippen molar-refractivity contribution in [3.05, 3.63) is 36.5 Å². The summed E-state index contributed by atoms with van der Waals surface area (Å²) in [7, 11) is 0. The minimum absolute atomic E-state index is 0.173. The van der Waals surface area contributed by atoms with Crippen LogP contribution in [0.3, 0.4) is 0 Å². The fraction of sp³-hybridized carbons (Fsp3) is 0.611. The van der Waals surface area contributed by atoms with Crippen LogP contribution >= 0.6 is 0 Å². The van der Waals surface area contributed by atoms with Gasteiger partial charge >= 0.3 is 5.97 Å². The van der Waals surface area contributed by atoms with Crippen LogP contribution in [-0.2, 0) is 4.79 Å². The number of rotatable bonds is 13. The molecule has 0 rings (SSSR count). The Bertz CT molecular complexity index is 358. The lowest BCUT2D eigenvalue weighted by molar-refractivity contribution is -0.137. The van der Waals surface area contributed by atoms with Crippen LogP contribution in [0.4, 0.5) is 0 Å². The van der Waals surface area contributed by atoms with E-state index in [1.807, 2.05) is 6.08 Å². The third-order valence-electron chi connectivity index (χ3n) is 3.22. The van der Waals surface area contributed by atoms with Crippen LogP contribution in [-0.4, -0.2) is 33.5 Å². The first kappa shape index (κ1) is 20.6. The van der Waals surface area contributed by atoms with E-state index in [4.69, 9.17) is 5.11 Å². The van der Waals surface area contributed by atoms with Gasteiger partial charge < -0.3 is 15.3 Å². The Morgan fingerprint density at radius 1 is 0.909 bits per heavy atom. The highest BCUT2D eigenvalue weighted by molar-refractivity contribution is 5.66. The van der Waals surface area contributed by atoms with Gasteiger partial charge in [-0.05, 0) is 32.1 Å². The quantitative estimate of drug-likeness (QED) is 0.276. The number of aliphatic hydroxyl groups is 2. The van der Waals surface area contributed by atoms with Crippen molar-refractivity contribution < 1.29 is 20.1 Å². The molecule has 0 aromatic carbocycles. The van der Waals surface area contributed by atoms with E-state index in [0.717, 1.165) is 12.8 Å². The van der Waals surface area contributed by atoms with E-state index < -0.39 is 18.2 Å². The van der Waals surface area contributed by atoms with Crippen molar-refractivity contribution in [3.8, 4) is 0 Å². The van der Waals surface area contributed by atoms with Crippen LogP contribution in [0, 0.1) is 0 Å². The molecule has 2 atom stereocenters. The molecule has 0 aliphatic heterocycles. The van der Waals surface area contributed by atoms with Crippen molar-refractivity contribution in [2.24, 2.45) is 0 Å². The van der Waals surface area contributed by atoms with Gasteiger partial charge in [-0.1, -0.05) is 56.2 Å². The van der Waals surface area contributed by atoms with E-state index >= 15 is 0 Å². The lowest BCUT2D eigenvalue weighted by atomic mass is 10.1. The van der Waals surface area contributed by atoms with Crippen molar-refractivity contribution in [1.82, 2.24) is 0 Å². The molecule has 0 aromatic rings. The summed E-state index contributed by atoms with van der Waals surface area (Å²) in [6.07, 6.45) is 15.7. The lowest BCUT2D eigenvalue weighted by Gasteiger charge is -2.09. The van der Waals surface area contributed by atoms with E-state index in [9.17, 15) is 15.0 Å². The van der Waals surface area contributed by atoms with Gasteiger partial charge in [0.25, 0.3) is 0 Å². The molecule has 0 saturated carbocycles. The second-order valence-electron chi connectivity index (χ2n) is 5.36. The van der Waals surface area contributed by atoms with Gasteiger partial charge in [0.2, 0.25) is 0 Å². The Kier molecular flexibility index (Phi) is 13.6. The molecule has 0 fully saturated rings. The van der Waals surface area contributed by atoms with Gasteiger partial charge in [0.05, 0.1) is 0 Å². The van der Waals surface area contributed by atoms with E-state index in [1.165, 1.54) is 19.3 Å². The molecule has 4 heteroatoms. The van der Waals surface area contributed by atoms with Crippen LogP contribution < -0.4 is 0 Å². The maximum Gasteiger partial charge on any atom is 0.303 e. The molecule has 0 aliphatic carbocycles. The number of carbonyl (C=O) groups is 1. The Balaban J connectivity index is 3.80. The van der Waals surface area contributed by atoms with Crippen LogP contribution in [0.15, 0.2) is 36.5 Å². The fourth-order valence-corrected chi connectivity index (χ4v) is 1.87. The van der Waals surface area contributed by atoms with Crippen LogP contribution in [0.2, 0.25) is 0 Å². The Morgan fingerprint density at radius 3 is 2.23 bits per heavy atom. The highest BCUT2D eigenvalue weighted by Gasteiger charge is 2.08. The second-order valence-corrected chi connectivity index (χ2v) is 5.36. The van der Waals surface area contributed by atoms with Gasteiger partial charge in [0.15, 0.2) is 0 Å². The van der Waals surface area contributed by atoms with Crippen LogP contribution in [0.1, 0.15) is 58.3 Å². The van der Waals surface area contributed by atoms with E-state index in [1.54, 1.807) is 24.3 Å². The van der Waals surface area contributed by atoms with Crippen molar-refractivity contribution in [2.75, 3.05) is 0 Å². The third kappa shape index (κ3) is 13.6. The molecular weight excluding hydrogens is 280 g/mol. The van der Waals surface area contributed by atoms with Gasteiger partial charge in [0, 0.05) is 6.42 Å². The fourth-order valence-electron chi connectivity index (χ4n) is 1.87. The molecule has 2 unspecified atom stereocenters. The summed E-state index contributed by atoms with van der Waals surface area (Å²) in [6, 6.07) is 0. The zero-order valence-corrected chi connectivity index (χ0v) is 13.5. The van der Waals surface area contributed by atoms with E-state index in [2.05, 4.69) is 13.0 Å². The molecular formula is C18H30O4. The summed E-state index contributed by atoms with van der Waals surface area (Å²) >= 11 is 0. The number of aliphatic hydroxyl groups excluding tert-OH is 2. The summed E-state index contributed by atoms with van der Waals surface area (Å²) in [5.74, 6) is -0.785. The smallest absolute Gasteiger partial charge is 0.303 e. The van der Waals surface area contributed by atoms with E-state index in [0.29, 0.717) is 12.8 Å². The first-order valence-electron chi connectivity index (χ1n) is 8.15. The largest absolute Gasteiger partial charge is 0.481 e. The molecule has 0 aliphatic rings. The minimum atomic E-state index is -0.927. The Hall–Kier alpha value is -1.39. The number of hydrogen-bond acceptors (Lipinski definition) is 3. The number of hydrogen-bond donors (Lipinski definition) is 3. The van der Waals surface area contributed by atoms with Crippen molar-refractivity contribution in [3.63, 3.8) is 0 Å². The minimum Gasteiger partial charge on any atom is -0.481 e. The molecule has 0 bridgehead atoms. The first-order valence-corrected chi connectivity index (χ1v) is 8.15. The molecule has 3 N–H and O–H groups in total. The van der Waals surface area contributed by atoms with Crippen LogP contribution in [0.5, 0.6) is 0 Å². The standard InChI is InChI=1S/C18H30O4/c1-2-3-4-5-6-7-10-13-16(19)17(20)14-11-8-9-12-15-18(21)22/h6-7,10-11,13-14,16-17,19-20H,2-5,8-9,12,15H2,1H3,(H,21,22). The van der Waals surface area contributed by atoms with E-state index in [-0.39, 0.29) is 6.42 Å². The molecule has 0 saturated heterocycles.